The summed E-state index contributed by atoms with van der Waals surface area (Å²) < 4.78 is 31.4. The molecule has 0 aromatic heterocycles. The number of carbonyl (C=O) groups is 1. The summed E-state index contributed by atoms with van der Waals surface area (Å²) in [5.41, 5.74) is 4.14. The lowest BCUT2D eigenvalue weighted by molar-refractivity contribution is -0.116. The largest absolute Gasteiger partial charge is 0.496 e. The van der Waals surface area contributed by atoms with E-state index in [1.54, 1.807) is 12.1 Å². The van der Waals surface area contributed by atoms with Crippen LogP contribution >= 0.6 is 0 Å². The summed E-state index contributed by atoms with van der Waals surface area (Å²) in [6, 6.07) is 15.0. The van der Waals surface area contributed by atoms with Crippen LogP contribution in [0.1, 0.15) is 23.1 Å². The van der Waals surface area contributed by atoms with Crippen molar-refractivity contribution in [2.75, 3.05) is 26.5 Å². The number of benzene rings is 3. The van der Waals surface area contributed by atoms with Crippen molar-refractivity contribution in [2.45, 2.75) is 30.6 Å². The van der Waals surface area contributed by atoms with Crippen LogP contribution in [0.5, 0.6) is 5.75 Å². The van der Waals surface area contributed by atoms with Gasteiger partial charge >= 0.3 is 0 Å². The maximum Gasteiger partial charge on any atom is 0.242 e. The van der Waals surface area contributed by atoms with Crippen molar-refractivity contribution >= 4 is 32.4 Å². The van der Waals surface area contributed by atoms with E-state index in [4.69, 9.17) is 4.74 Å². The molecule has 0 radical (unpaired) electrons. The van der Waals surface area contributed by atoms with Gasteiger partial charge < -0.3 is 10.1 Å². The van der Waals surface area contributed by atoms with Crippen LogP contribution in [0, 0.1) is 0 Å². The van der Waals surface area contributed by atoms with Crippen LogP contribution in [0.3, 0.4) is 0 Å². The number of amides is 1. The summed E-state index contributed by atoms with van der Waals surface area (Å²) in [6.07, 6.45) is 2.66. The highest BCUT2D eigenvalue weighted by molar-refractivity contribution is 7.89. The molecule has 1 aliphatic carbocycles. The number of aryl methyl sites for hydroxylation is 3. The minimum Gasteiger partial charge on any atom is -0.496 e. The monoisotopic (exact) mass is 438 g/mol. The van der Waals surface area contributed by atoms with Crippen LogP contribution in [0.2, 0.25) is 0 Å². The average molecular weight is 439 g/mol. The van der Waals surface area contributed by atoms with Gasteiger partial charge in [0.25, 0.3) is 0 Å². The van der Waals surface area contributed by atoms with E-state index in [0.717, 1.165) is 23.9 Å². The molecule has 0 unspecified atom stereocenters. The van der Waals surface area contributed by atoms with Crippen molar-refractivity contribution in [3.63, 3.8) is 0 Å². The lowest BCUT2D eigenvalue weighted by atomic mass is 10.0. The minimum absolute atomic E-state index is 0.123. The molecule has 0 bridgehead atoms. The number of nitrogens with zero attached hydrogens (tertiary/aromatic N) is 1. The molecule has 31 heavy (non-hydrogen) atoms. The summed E-state index contributed by atoms with van der Waals surface area (Å²) in [7, 11) is 0.954. The Bertz CT molecular complexity index is 1260. The van der Waals surface area contributed by atoms with Crippen molar-refractivity contribution in [1.82, 2.24) is 4.31 Å². The quantitative estimate of drug-likeness (QED) is 0.609. The number of methoxy groups -OCH3 is 1. The first-order valence-electron chi connectivity index (χ1n) is 10.2. The Labute approximate surface area is 182 Å². The van der Waals surface area contributed by atoms with Gasteiger partial charge in [-0.05, 0) is 65.6 Å². The SMILES string of the molecule is COc1ccc(S(=O)(=O)N(C)C)cc1CCC(=O)Nc1ccc2c3c(cccc13)CC2. The Morgan fingerprint density at radius 1 is 1.06 bits per heavy atom. The molecule has 0 fully saturated rings. The van der Waals surface area contributed by atoms with Crippen molar-refractivity contribution < 1.29 is 17.9 Å². The minimum atomic E-state index is -3.56. The summed E-state index contributed by atoms with van der Waals surface area (Å²) in [4.78, 5) is 12.9. The normalized spacial score (nSPS) is 13.0. The van der Waals surface area contributed by atoms with E-state index in [0.29, 0.717) is 17.7 Å². The van der Waals surface area contributed by atoms with Gasteiger partial charge in [0, 0.05) is 31.6 Å². The Balaban J connectivity index is 1.53. The fraction of sp³-hybridized carbons (Fsp3) is 0.292. The predicted molar refractivity (Wildman–Crippen MR) is 122 cm³/mol. The maximum absolute atomic E-state index is 12.7. The average Bonchev–Trinajstić information content (AvgIpc) is 3.18. The number of anilines is 1. The number of sulfonamides is 1. The molecule has 0 saturated heterocycles. The van der Waals surface area contributed by atoms with E-state index < -0.39 is 10.0 Å². The Hall–Kier alpha value is -2.90. The fourth-order valence-electron chi connectivity index (χ4n) is 4.14. The third-order valence-corrected chi connectivity index (χ3v) is 7.61. The zero-order valence-electron chi connectivity index (χ0n) is 17.9. The van der Waals surface area contributed by atoms with Crippen LogP contribution < -0.4 is 10.1 Å². The van der Waals surface area contributed by atoms with Gasteiger partial charge in [-0.2, -0.15) is 0 Å². The van der Waals surface area contributed by atoms with E-state index in [2.05, 4.69) is 17.4 Å². The number of nitrogens with one attached hydrogen (secondary N) is 1. The van der Waals surface area contributed by atoms with Crippen molar-refractivity contribution in [3.05, 3.63) is 65.2 Å². The van der Waals surface area contributed by atoms with E-state index in [1.807, 2.05) is 18.2 Å². The topological polar surface area (TPSA) is 75.7 Å². The fourth-order valence-corrected chi connectivity index (χ4v) is 5.09. The number of carbonyl (C=O) groups excluding carboxylic acids is 1. The first kappa shape index (κ1) is 21.3. The molecule has 6 nitrogen and oxygen atoms in total. The van der Waals surface area contributed by atoms with Crippen molar-refractivity contribution in [2.24, 2.45) is 0 Å². The summed E-state index contributed by atoms with van der Waals surface area (Å²) in [6.45, 7) is 0. The lowest BCUT2D eigenvalue weighted by Gasteiger charge is -2.15. The smallest absolute Gasteiger partial charge is 0.242 e. The summed E-state index contributed by atoms with van der Waals surface area (Å²) in [5, 5.41) is 5.35. The second-order valence-electron chi connectivity index (χ2n) is 7.92. The van der Waals surface area contributed by atoms with E-state index in [1.165, 1.54) is 48.1 Å². The third-order valence-electron chi connectivity index (χ3n) is 5.80. The lowest BCUT2D eigenvalue weighted by Crippen LogP contribution is -2.22. The highest BCUT2D eigenvalue weighted by Gasteiger charge is 2.20. The van der Waals surface area contributed by atoms with Gasteiger partial charge in [0.15, 0.2) is 0 Å². The molecule has 162 valence electrons. The molecule has 7 heteroatoms. The molecule has 1 amide bonds. The molecule has 1 N–H and O–H groups in total. The van der Waals surface area contributed by atoms with Crippen LogP contribution in [0.25, 0.3) is 10.8 Å². The standard InChI is InChI=1S/C24H26N2O4S/c1-26(2)31(28,29)19-11-13-22(30-3)18(15-19)10-14-23(27)25-21-12-9-17-8-7-16-5-4-6-20(21)24(16)17/h4-6,9,11-13,15H,7-8,10,14H2,1-3H3,(H,25,27). The maximum atomic E-state index is 12.7. The molecule has 0 atom stereocenters. The van der Waals surface area contributed by atoms with Gasteiger partial charge in [-0.15, -0.1) is 0 Å². The van der Waals surface area contributed by atoms with E-state index in [-0.39, 0.29) is 17.2 Å². The highest BCUT2D eigenvalue weighted by Crippen LogP contribution is 2.35. The molecule has 3 aromatic rings. The first-order chi connectivity index (χ1) is 14.8. The van der Waals surface area contributed by atoms with Crippen molar-refractivity contribution in [1.29, 1.82) is 0 Å². The molecule has 0 aliphatic heterocycles. The number of ether oxygens (including phenoxy) is 1. The zero-order chi connectivity index (χ0) is 22.2. The number of hydrogen-bond donors (Lipinski definition) is 1. The third kappa shape index (κ3) is 4.03. The summed E-state index contributed by atoms with van der Waals surface area (Å²) in [5.74, 6) is 0.442. The Kier molecular flexibility index (Phi) is 5.73. The summed E-state index contributed by atoms with van der Waals surface area (Å²) >= 11 is 0. The number of hydrogen-bond acceptors (Lipinski definition) is 4. The van der Waals surface area contributed by atoms with Crippen LogP contribution in [-0.4, -0.2) is 39.8 Å². The molecule has 1 aliphatic rings. The number of rotatable bonds is 7. The molecular formula is C24H26N2O4S. The highest BCUT2D eigenvalue weighted by atomic mass is 32.2. The van der Waals surface area contributed by atoms with Crippen LogP contribution in [0.15, 0.2) is 53.4 Å². The van der Waals surface area contributed by atoms with E-state index in [9.17, 15) is 13.2 Å². The Morgan fingerprint density at radius 2 is 1.81 bits per heavy atom. The van der Waals surface area contributed by atoms with Crippen LogP contribution in [-0.2, 0) is 34.1 Å². The van der Waals surface area contributed by atoms with Gasteiger partial charge in [0.2, 0.25) is 15.9 Å². The second-order valence-corrected chi connectivity index (χ2v) is 10.1. The molecule has 0 spiro atoms. The predicted octanol–water partition coefficient (Wildman–Crippen LogP) is 3.77. The second kappa shape index (κ2) is 8.32. The van der Waals surface area contributed by atoms with E-state index >= 15 is 0 Å². The molecule has 4 rings (SSSR count). The molecular weight excluding hydrogens is 412 g/mol. The van der Waals surface area contributed by atoms with Gasteiger partial charge in [0.1, 0.15) is 5.75 Å². The molecule has 0 heterocycles. The van der Waals surface area contributed by atoms with Crippen molar-refractivity contribution in [3.8, 4) is 5.75 Å². The molecule has 0 saturated carbocycles. The van der Waals surface area contributed by atoms with Gasteiger partial charge in [-0.25, -0.2) is 12.7 Å². The van der Waals surface area contributed by atoms with Gasteiger partial charge in [-0.1, -0.05) is 24.3 Å². The van der Waals surface area contributed by atoms with Gasteiger partial charge in [0.05, 0.1) is 12.0 Å². The first-order valence-corrected chi connectivity index (χ1v) is 11.7. The zero-order valence-corrected chi connectivity index (χ0v) is 18.8. The van der Waals surface area contributed by atoms with Gasteiger partial charge in [-0.3, -0.25) is 4.79 Å². The Morgan fingerprint density at radius 3 is 2.52 bits per heavy atom. The molecule has 3 aromatic carbocycles. The van der Waals surface area contributed by atoms with Crippen LogP contribution in [0.4, 0.5) is 5.69 Å².